The number of aromatic nitrogens is 2. The van der Waals surface area contributed by atoms with Crippen molar-refractivity contribution < 1.29 is 8.78 Å². The molecule has 1 aromatic carbocycles. The van der Waals surface area contributed by atoms with Gasteiger partial charge in [0, 0.05) is 19.3 Å². The highest BCUT2D eigenvalue weighted by atomic mass is 79.9. The largest absolute Gasteiger partial charge is 0.377 e. The van der Waals surface area contributed by atoms with Crippen LogP contribution in [0.2, 0.25) is 0 Å². The molecule has 0 aliphatic rings. The van der Waals surface area contributed by atoms with Crippen LogP contribution < -0.4 is 5.32 Å². The Morgan fingerprint density at radius 2 is 2.12 bits per heavy atom. The maximum absolute atomic E-state index is 13.4. The first-order valence-electron chi connectivity index (χ1n) is 4.91. The minimum absolute atomic E-state index is 0.228. The van der Waals surface area contributed by atoms with Crippen molar-refractivity contribution >= 4 is 21.6 Å². The average molecular weight is 302 g/mol. The summed E-state index contributed by atoms with van der Waals surface area (Å²) < 4.78 is 28.5. The molecule has 0 atom stereocenters. The number of anilines is 1. The first-order chi connectivity index (χ1) is 8.08. The van der Waals surface area contributed by atoms with Gasteiger partial charge in [0.1, 0.15) is 11.6 Å². The van der Waals surface area contributed by atoms with Crippen molar-refractivity contribution in [2.75, 3.05) is 5.32 Å². The van der Waals surface area contributed by atoms with Gasteiger partial charge in [-0.1, -0.05) is 0 Å². The van der Waals surface area contributed by atoms with Crippen molar-refractivity contribution in [3.8, 4) is 0 Å². The fourth-order valence-corrected chi connectivity index (χ4v) is 1.74. The van der Waals surface area contributed by atoms with E-state index in [-0.39, 0.29) is 10.2 Å². The van der Waals surface area contributed by atoms with Crippen molar-refractivity contribution in [3.63, 3.8) is 0 Å². The van der Waals surface area contributed by atoms with E-state index < -0.39 is 11.6 Å². The summed E-state index contributed by atoms with van der Waals surface area (Å²) in [5.74, 6) is -1.23. The number of halogens is 3. The Balaban J connectivity index is 2.14. The molecule has 0 bridgehead atoms. The lowest BCUT2D eigenvalue weighted by Crippen LogP contribution is -2.05. The van der Waals surface area contributed by atoms with Gasteiger partial charge in [0.15, 0.2) is 0 Å². The van der Waals surface area contributed by atoms with Gasteiger partial charge in [-0.15, -0.1) is 0 Å². The molecule has 0 spiro atoms. The number of hydrogen-bond donors (Lipinski definition) is 1. The van der Waals surface area contributed by atoms with Crippen LogP contribution in [0.3, 0.4) is 0 Å². The molecular weight excluding hydrogens is 292 g/mol. The molecular formula is C11H10BrF2N3. The third-order valence-electron chi connectivity index (χ3n) is 2.39. The number of aryl methyl sites for hydroxylation is 1. The minimum atomic E-state index is -0.618. The lowest BCUT2D eigenvalue weighted by molar-refractivity contribution is 0.580. The molecule has 1 N–H and O–H groups in total. The smallest absolute Gasteiger partial charge is 0.149 e. The van der Waals surface area contributed by atoms with Gasteiger partial charge in [-0.25, -0.2) is 13.8 Å². The summed E-state index contributed by atoms with van der Waals surface area (Å²) >= 11 is 3.01. The van der Waals surface area contributed by atoms with Crippen molar-refractivity contribution in [2.45, 2.75) is 6.54 Å². The predicted molar refractivity (Wildman–Crippen MR) is 64.6 cm³/mol. The van der Waals surface area contributed by atoms with Crippen LogP contribution >= 0.6 is 15.9 Å². The third-order valence-corrected chi connectivity index (χ3v) is 2.99. The monoisotopic (exact) mass is 301 g/mol. The molecule has 0 aliphatic carbocycles. The van der Waals surface area contributed by atoms with Crippen molar-refractivity contribution in [1.82, 2.24) is 9.55 Å². The summed E-state index contributed by atoms with van der Waals surface area (Å²) in [5, 5.41) is 2.89. The second-order valence-corrected chi connectivity index (χ2v) is 4.45. The number of benzene rings is 1. The highest BCUT2D eigenvalue weighted by Crippen LogP contribution is 2.23. The molecule has 0 saturated heterocycles. The molecule has 0 unspecified atom stereocenters. The van der Waals surface area contributed by atoms with Crippen LogP contribution in [0.1, 0.15) is 5.69 Å². The van der Waals surface area contributed by atoms with Crippen LogP contribution in [-0.2, 0) is 13.6 Å². The minimum Gasteiger partial charge on any atom is -0.377 e. The molecule has 6 heteroatoms. The van der Waals surface area contributed by atoms with Crippen molar-refractivity contribution in [1.29, 1.82) is 0 Å². The van der Waals surface area contributed by atoms with E-state index in [2.05, 4.69) is 26.2 Å². The molecule has 3 nitrogen and oxygen atoms in total. The summed E-state index contributed by atoms with van der Waals surface area (Å²) in [6, 6.07) is 2.22. The molecule has 17 heavy (non-hydrogen) atoms. The predicted octanol–water partition coefficient (Wildman–Crippen LogP) is 3.07. The average Bonchev–Trinajstić information content (AvgIpc) is 2.68. The van der Waals surface area contributed by atoms with E-state index in [1.54, 1.807) is 12.5 Å². The maximum Gasteiger partial charge on any atom is 0.149 e. The van der Waals surface area contributed by atoms with E-state index in [1.807, 2.05) is 11.6 Å². The first-order valence-corrected chi connectivity index (χ1v) is 5.71. The Hall–Kier alpha value is -1.43. The van der Waals surface area contributed by atoms with E-state index in [0.29, 0.717) is 6.54 Å². The van der Waals surface area contributed by atoms with Gasteiger partial charge in [0.2, 0.25) is 0 Å². The Morgan fingerprint density at radius 3 is 2.76 bits per heavy atom. The SMILES string of the molecule is Cn1cncc1CNc1cc(Br)c(F)cc1F. The summed E-state index contributed by atoms with van der Waals surface area (Å²) in [5.41, 5.74) is 1.16. The molecule has 2 rings (SSSR count). The molecule has 0 fully saturated rings. The Labute approximate surface area is 106 Å². The second-order valence-electron chi connectivity index (χ2n) is 3.60. The fourth-order valence-electron chi connectivity index (χ4n) is 1.40. The summed E-state index contributed by atoms with van der Waals surface area (Å²) in [6.07, 6.45) is 3.34. The molecule has 0 amide bonds. The number of hydrogen-bond acceptors (Lipinski definition) is 2. The van der Waals surface area contributed by atoms with E-state index in [9.17, 15) is 8.78 Å². The fraction of sp³-hybridized carbons (Fsp3) is 0.182. The van der Waals surface area contributed by atoms with Gasteiger partial charge in [0.05, 0.1) is 28.7 Å². The summed E-state index contributed by atoms with van der Waals surface area (Å²) in [7, 11) is 1.85. The zero-order chi connectivity index (χ0) is 12.4. The molecule has 2 aromatic rings. The molecule has 1 heterocycles. The van der Waals surface area contributed by atoms with Crippen LogP contribution in [0, 0.1) is 11.6 Å². The second kappa shape index (κ2) is 4.83. The number of imidazole rings is 1. The highest BCUT2D eigenvalue weighted by Gasteiger charge is 2.08. The Kier molecular flexibility index (Phi) is 3.42. The number of nitrogens with zero attached hydrogens (tertiary/aromatic N) is 2. The Morgan fingerprint density at radius 1 is 1.35 bits per heavy atom. The van der Waals surface area contributed by atoms with Crippen LogP contribution in [-0.4, -0.2) is 9.55 Å². The van der Waals surface area contributed by atoms with Crippen LogP contribution in [0.5, 0.6) is 0 Å². The van der Waals surface area contributed by atoms with Gasteiger partial charge in [-0.2, -0.15) is 0 Å². The van der Waals surface area contributed by atoms with E-state index in [4.69, 9.17) is 0 Å². The highest BCUT2D eigenvalue weighted by molar-refractivity contribution is 9.10. The standard InChI is InChI=1S/C11H10BrF2N3/c1-17-6-15-4-7(17)5-16-11-2-8(12)9(13)3-10(11)14/h2-4,6,16H,5H2,1H3. The van der Waals surface area contributed by atoms with Gasteiger partial charge in [-0.05, 0) is 22.0 Å². The zero-order valence-corrected chi connectivity index (χ0v) is 10.6. The van der Waals surface area contributed by atoms with E-state index in [1.165, 1.54) is 6.07 Å². The van der Waals surface area contributed by atoms with Crippen LogP contribution in [0.25, 0.3) is 0 Å². The summed E-state index contributed by atoms with van der Waals surface area (Å²) in [4.78, 5) is 3.95. The molecule has 0 radical (unpaired) electrons. The molecule has 1 aromatic heterocycles. The van der Waals surface area contributed by atoms with Gasteiger partial charge >= 0.3 is 0 Å². The van der Waals surface area contributed by atoms with E-state index >= 15 is 0 Å². The van der Waals surface area contributed by atoms with Gasteiger partial charge in [-0.3, -0.25) is 0 Å². The molecule has 0 aliphatic heterocycles. The zero-order valence-electron chi connectivity index (χ0n) is 9.04. The molecule has 90 valence electrons. The number of rotatable bonds is 3. The van der Waals surface area contributed by atoms with Crippen molar-refractivity contribution in [3.05, 3.63) is 46.5 Å². The Bertz CT molecular complexity index is 540. The van der Waals surface area contributed by atoms with E-state index in [0.717, 1.165) is 11.8 Å². The maximum atomic E-state index is 13.4. The molecule has 0 saturated carbocycles. The lowest BCUT2D eigenvalue weighted by atomic mass is 10.3. The first kappa shape index (κ1) is 12.0. The quantitative estimate of drug-likeness (QED) is 0.883. The van der Waals surface area contributed by atoms with Crippen molar-refractivity contribution in [2.24, 2.45) is 7.05 Å². The third kappa shape index (κ3) is 2.63. The lowest BCUT2D eigenvalue weighted by Gasteiger charge is -2.08. The van der Waals surface area contributed by atoms with Gasteiger partial charge < -0.3 is 9.88 Å². The van der Waals surface area contributed by atoms with Crippen LogP contribution in [0.4, 0.5) is 14.5 Å². The summed E-state index contributed by atoms with van der Waals surface area (Å²) in [6.45, 7) is 0.422. The topological polar surface area (TPSA) is 29.9 Å². The number of nitrogens with one attached hydrogen (secondary N) is 1. The van der Waals surface area contributed by atoms with Gasteiger partial charge in [0.25, 0.3) is 0 Å². The van der Waals surface area contributed by atoms with Crippen LogP contribution in [0.15, 0.2) is 29.1 Å². The normalized spacial score (nSPS) is 10.6.